The monoisotopic (exact) mass is 256 g/mol. The third-order valence-corrected chi connectivity index (χ3v) is 3.70. The van der Waals surface area contributed by atoms with Gasteiger partial charge in [-0.1, -0.05) is 18.2 Å². The molecular weight excluding hydrogens is 236 g/mol. The van der Waals surface area contributed by atoms with Gasteiger partial charge in [0.2, 0.25) is 0 Å². The number of fused-ring (bicyclic) bond motifs is 1. The number of anilines is 1. The van der Waals surface area contributed by atoms with Gasteiger partial charge in [-0.15, -0.1) is 0 Å². The highest BCUT2D eigenvalue weighted by Gasteiger charge is 2.21. The summed E-state index contributed by atoms with van der Waals surface area (Å²) in [6.45, 7) is 5.03. The number of nitrogens with zero attached hydrogens (tertiary/aromatic N) is 1. The Kier molecular flexibility index (Phi) is 3.38. The number of hydrogen-bond acceptors (Lipinski definition) is 3. The van der Waals surface area contributed by atoms with Crippen LogP contribution in [-0.2, 0) is 4.74 Å². The van der Waals surface area contributed by atoms with Crippen molar-refractivity contribution in [3.05, 3.63) is 36.0 Å². The largest absolute Gasteiger partial charge is 0.381 e. The number of aromatic nitrogens is 1. The summed E-state index contributed by atoms with van der Waals surface area (Å²) in [6, 6.07) is 10.4. The van der Waals surface area contributed by atoms with Crippen LogP contribution in [0.3, 0.4) is 0 Å². The maximum Gasteiger partial charge on any atom is 0.0936 e. The predicted molar refractivity (Wildman–Crippen MR) is 78.5 cm³/mol. The molecule has 0 saturated carbocycles. The average molecular weight is 256 g/mol. The first-order valence-corrected chi connectivity index (χ1v) is 6.98. The van der Waals surface area contributed by atoms with Crippen molar-refractivity contribution >= 4 is 16.6 Å². The summed E-state index contributed by atoms with van der Waals surface area (Å²) in [5, 5.41) is 4.67. The van der Waals surface area contributed by atoms with Crippen molar-refractivity contribution in [2.75, 3.05) is 11.9 Å². The number of nitrogens with one attached hydrogen (secondary N) is 1. The van der Waals surface area contributed by atoms with E-state index in [2.05, 4.69) is 41.5 Å². The van der Waals surface area contributed by atoms with E-state index >= 15 is 0 Å². The molecule has 2 atom stereocenters. The molecule has 2 heterocycles. The first-order valence-electron chi connectivity index (χ1n) is 6.98. The lowest BCUT2D eigenvalue weighted by atomic mass is 10.1. The number of benzene rings is 1. The molecule has 0 radical (unpaired) electrons. The second-order valence-electron chi connectivity index (χ2n) is 5.36. The van der Waals surface area contributed by atoms with E-state index in [4.69, 9.17) is 4.74 Å². The standard InChI is InChI=1S/C16H20N2O/c1-11-6-8-13-4-3-5-15(16(13)18-11)17-10-14-9-7-12(2)19-14/h3-6,8,12,14,17H,7,9-10H2,1-2H3. The maximum atomic E-state index is 5.84. The smallest absolute Gasteiger partial charge is 0.0936 e. The topological polar surface area (TPSA) is 34.1 Å². The van der Waals surface area contributed by atoms with Gasteiger partial charge in [-0.3, -0.25) is 4.98 Å². The number of para-hydroxylation sites is 1. The van der Waals surface area contributed by atoms with Crippen molar-refractivity contribution in [2.45, 2.75) is 38.9 Å². The molecule has 1 fully saturated rings. The van der Waals surface area contributed by atoms with Crippen molar-refractivity contribution in [2.24, 2.45) is 0 Å². The quantitative estimate of drug-likeness (QED) is 0.912. The number of ether oxygens (including phenoxy) is 1. The van der Waals surface area contributed by atoms with Crippen LogP contribution in [0.25, 0.3) is 10.9 Å². The Balaban J connectivity index is 1.78. The van der Waals surface area contributed by atoms with Crippen LogP contribution >= 0.6 is 0 Å². The molecule has 1 saturated heterocycles. The Morgan fingerprint density at radius 1 is 1.26 bits per heavy atom. The number of hydrogen-bond donors (Lipinski definition) is 1. The minimum atomic E-state index is 0.329. The minimum absolute atomic E-state index is 0.329. The van der Waals surface area contributed by atoms with Crippen LogP contribution in [0, 0.1) is 6.92 Å². The van der Waals surface area contributed by atoms with Crippen molar-refractivity contribution in [3.63, 3.8) is 0 Å². The SMILES string of the molecule is Cc1ccc2cccc(NCC3CCC(C)O3)c2n1. The molecule has 0 bridgehead atoms. The van der Waals surface area contributed by atoms with Crippen molar-refractivity contribution < 1.29 is 4.74 Å². The van der Waals surface area contributed by atoms with Crippen LogP contribution in [-0.4, -0.2) is 23.7 Å². The number of aryl methyl sites for hydroxylation is 1. The van der Waals surface area contributed by atoms with Crippen molar-refractivity contribution in [3.8, 4) is 0 Å². The second-order valence-corrected chi connectivity index (χ2v) is 5.36. The third kappa shape index (κ3) is 2.71. The van der Waals surface area contributed by atoms with Crippen molar-refractivity contribution in [1.82, 2.24) is 4.98 Å². The molecule has 1 N–H and O–H groups in total. The van der Waals surface area contributed by atoms with Gasteiger partial charge in [0.1, 0.15) is 0 Å². The van der Waals surface area contributed by atoms with Gasteiger partial charge in [-0.05, 0) is 38.8 Å². The molecule has 0 amide bonds. The molecule has 0 spiro atoms. The molecule has 19 heavy (non-hydrogen) atoms. The van der Waals surface area contributed by atoms with E-state index in [1.807, 2.05) is 13.0 Å². The van der Waals surface area contributed by atoms with Crippen molar-refractivity contribution in [1.29, 1.82) is 0 Å². The zero-order valence-corrected chi connectivity index (χ0v) is 11.5. The van der Waals surface area contributed by atoms with E-state index < -0.39 is 0 Å². The first kappa shape index (κ1) is 12.4. The molecular formula is C16H20N2O. The van der Waals surface area contributed by atoms with Gasteiger partial charge in [0.15, 0.2) is 0 Å². The van der Waals surface area contributed by atoms with Gasteiger partial charge in [-0.2, -0.15) is 0 Å². The molecule has 2 aromatic rings. The van der Waals surface area contributed by atoms with E-state index in [0.29, 0.717) is 12.2 Å². The van der Waals surface area contributed by atoms with Crippen LogP contribution < -0.4 is 5.32 Å². The average Bonchev–Trinajstić information content (AvgIpc) is 2.82. The second kappa shape index (κ2) is 5.17. The maximum absolute atomic E-state index is 5.84. The molecule has 1 aromatic heterocycles. The molecule has 1 aliphatic rings. The van der Waals surface area contributed by atoms with Gasteiger partial charge >= 0.3 is 0 Å². The Bertz CT molecular complexity index is 582. The highest BCUT2D eigenvalue weighted by molar-refractivity contribution is 5.90. The van der Waals surface area contributed by atoms with Crippen LogP contribution in [0.15, 0.2) is 30.3 Å². The van der Waals surface area contributed by atoms with E-state index in [9.17, 15) is 0 Å². The molecule has 0 aliphatic carbocycles. The summed E-state index contributed by atoms with van der Waals surface area (Å²) in [5.41, 5.74) is 3.20. The lowest BCUT2D eigenvalue weighted by Gasteiger charge is -2.14. The molecule has 1 aliphatic heterocycles. The van der Waals surface area contributed by atoms with Crippen LogP contribution in [0.4, 0.5) is 5.69 Å². The Morgan fingerprint density at radius 3 is 2.95 bits per heavy atom. The Hall–Kier alpha value is -1.61. The lowest BCUT2D eigenvalue weighted by Crippen LogP contribution is -2.19. The van der Waals surface area contributed by atoms with Gasteiger partial charge in [-0.25, -0.2) is 0 Å². The summed E-state index contributed by atoms with van der Waals surface area (Å²) in [7, 11) is 0. The fourth-order valence-corrected chi connectivity index (χ4v) is 2.65. The highest BCUT2D eigenvalue weighted by atomic mass is 16.5. The molecule has 3 heteroatoms. The fourth-order valence-electron chi connectivity index (χ4n) is 2.65. The number of pyridine rings is 1. The van der Waals surface area contributed by atoms with Crippen LogP contribution in [0.1, 0.15) is 25.5 Å². The van der Waals surface area contributed by atoms with Gasteiger partial charge in [0.25, 0.3) is 0 Å². The number of rotatable bonds is 3. The normalized spacial score (nSPS) is 22.8. The Labute approximate surface area is 114 Å². The zero-order valence-electron chi connectivity index (χ0n) is 11.5. The summed E-state index contributed by atoms with van der Waals surface area (Å²) >= 11 is 0. The summed E-state index contributed by atoms with van der Waals surface area (Å²) in [5.74, 6) is 0. The summed E-state index contributed by atoms with van der Waals surface area (Å²) in [6.07, 6.45) is 3.04. The van der Waals surface area contributed by atoms with Gasteiger partial charge in [0, 0.05) is 17.6 Å². The zero-order chi connectivity index (χ0) is 13.2. The molecule has 3 nitrogen and oxygen atoms in total. The fraction of sp³-hybridized carbons (Fsp3) is 0.438. The van der Waals surface area contributed by atoms with E-state index in [1.165, 1.54) is 11.8 Å². The molecule has 3 rings (SSSR count). The van der Waals surface area contributed by atoms with Gasteiger partial charge < -0.3 is 10.1 Å². The van der Waals surface area contributed by atoms with E-state index in [0.717, 1.165) is 29.9 Å². The summed E-state index contributed by atoms with van der Waals surface area (Å²) < 4.78 is 5.84. The highest BCUT2D eigenvalue weighted by Crippen LogP contribution is 2.24. The summed E-state index contributed by atoms with van der Waals surface area (Å²) in [4.78, 5) is 4.63. The Morgan fingerprint density at radius 2 is 2.16 bits per heavy atom. The molecule has 100 valence electrons. The van der Waals surface area contributed by atoms with Gasteiger partial charge in [0.05, 0.1) is 23.4 Å². The minimum Gasteiger partial charge on any atom is -0.381 e. The lowest BCUT2D eigenvalue weighted by molar-refractivity contribution is 0.0637. The van der Waals surface area contributed by atoms with E-state index in [-0.39, 0.29) is 0 Å². The van der Waals surface area contributed by atoms with Crippen LogP contribution in [0.2, 0.25) is 0 Å². The predicted octanol–water partition coefficient (Wildman–Crippen LogP) is 3.52. The van der Waals surface area contributed by atoms with E-state index in [1.54, 1.807) is 0 Å². The molecule has 2 unspecified atom stereocenters. The third-order valence-electron chi connectivity index (χ3n) is 3.70. The van der Waals surface area contributed by atoms with Crippen LogP contribution in [0.5, 0.6) is 0 Å². The molecule has 1 aromatic carbocycles. The first-order chi connectivity index (χ1) is 9.22.